The van der Waals surface area contributed by atoms with Crippen LogP contribution in [0.5, 0.6) is 0 Å². The second-order valence-electron chi connectivity index (χ2n) is 6.21. The topological polar surface area (TPSA) is 0 Å². The molecule has 0 aromatic heterocycles. The standard InChI is InChI=1S/C23H24P/c1-3-20(2)19-24(21-13-7-4-8-14-21,22-15-9-5-10-16-22)23-17-11-6-12-18-23/h3-18,20H,1,19H2,2H3/q+1/t20-/m1/s1. The Morgan fingerprint density at radius 2 is 1.04 bits per heavy atom. The number of allylic oxidation sites excluding steroid dienone is 1. The molecule has 0 amide bonds. The molecule has 0 aliphatic carbocycles. The maximum absolute atomic E-state index is 4.04. The van der Waals surface area contributed by atoms with Gasteiger partial charge >= 0.3 is 0 Å². The summed E-state index contributed by atoms with van der Waals surface area (Å²) in [6.45, 7) is 6.32. The number of hydrogen-bond donors (Lipinski definition) is 0. The van der Waals surface area contributed by atoms with Crippen molar-refractivity contribution in [3.63, 3.8) is 0 Å². The van der Waals surface area contributed by atoms with Gasteiger partial charge in [-0.3, -0.25) is 0 Å². The Kier molecular flexibility index (Phi) is 5.28. The summed E-state index contributed by atoms with van der Waals surface area (Å²) >= 11 is 0. The molecule has 0 saturated heterocycles. The van der Waals surface area contributed by atoms with E-state index in [2.05, 4.69) is 111 Å². The van der Waals surface area contributed by atoms with Gasteiger partial charge in [0.25, 0.3) is 0 Å². The van der Waals surface area contributed by atoms with Crippen molar-refractivity contribution in [3.05, 3.63) is 104 Å². The predicted octanol–water partition coefficient (Wildman–Crippen LogP) is 4.80. The molecule has 0 aliphatic rings. The van der Waals surface area contributed by atoms with Gasteiger partial charge < -0.3 is 0 Å². The average molecular weight is 331 g/mol. The molecule has 0 spiro atoms. The predicted molar refractivity (Wildman–Crippen MR) is 109 cm³/mol. The van der Waals surface area contributed by atoms with E-state index in [0.29, 0.717) is 5.92 Å². The molecular formula is C23H24P+. The van der Waals surface area contributed by atoms with Gasteiger partial charge in [0.05, 0.1) is 6.16 Å². The van der Waals surface area contributed by atoms with Gasteiger partial charge in [-0.05, 0) is 36.4 Å². The first-order valence-electron chi connectivity index (χ1n) is 8.45. The highest BCUT2D eigenvalue weighted by Gasteiger charge is 2.45. The van der Waals surface area contributed by atoms with Crippen molar-refractivity contribution in [1.82, 2.24) is 0 Å². The third kappa shape index (κ3) is 3.21. The SMILES string of the molecule is C=C[C@@H](C)C[P+](c1ccccc1)(c1ccccc1)c1ccccc1. The maximum Gasteiger partial charge on any atom is 0.112 e. The summed E-state index contributed by atoms with van der Waals surface area (Å²) in [6, 6.07) is 33.0. The Hall–Kier alpha value is -2.17. The van der Waals surface area contributed by atoms with Crippen LogP contribution in [-0.4, -0.2) is 6.16 Å². The Balaban J connectivity index is 2.30. The van der Waals surface area contributed by atoms with Gasteiger partial charge in [0.15, 0.2) is 0 Å². The third-order valence-corrected chi connectivity index (χ3v) is 9.22. The van der Waals surface area contributed by atoms with Crippen molar-refractivity contribution in [3.8, 4) is 0 Å². The molecule has 0 unspecified atom stereocenters. The van der Waals surface area contributed by atoms with Crippen molar-refractivity contribution in [2.45, 2.75) is 6.92 Å². The van der Waals surface area contributed by atoms with Crippen molar-refractivity contribution >= 4 is 23.2 Å². The zero-order valence-electron chi connectivity index (χ0n) is 14.2. The van der Waals surface area contributed by atoms with Crippen LogP contribution in [-0.2, 0) is 0 Å². The third-order valence-electron chi connectivity index (χ3n) is 4.56. The van der Waals surface area contributed by atoms with Crippen molar-refractivity contribution < 1.29 is 0 Å². The van der Waals surface area contributed by atoms with E-state index in [1.807, 2.05) is 0 Å². The van der Waals surface area contributed by atoms with Crippen LogP contribution in [0.3, 0.4) is 0 Å². The lowest BCUT2D eigenvalue weighted by molar-refractivity contribution is 0.843. The first kappa shape index (κ1) is 16.7. The smallest absolute Gasteiger partial charge is 0.103 e. The summed E-state index contributed by atoms with van der Waals surface area (Å²) in [5.74, 6) is 0.457. The number of benzene rings is 3. The van der Waals surface area contributed by atoms with E-state index in [1.54, 1.807) is 0 Å². The molecule has 1 heteroatoms. The van der Waals surface area contributed by atoms with Crippen LogP contribution < -0.4 is 15.9 Å². The lowest BCUT2D eigenvalue weighted by Crippen LogP contribution is -2.34. The van der Waals surface area contributed by atoms with Gasteiger partial charge in [0.2, 0.25) is 0 Å². The van der Waals surface area contributed by atoms with Crippen LogP contribution in [0.2, 0.25) is 0 Å². The lowest BCUT2D eigenvalue weighted by Gasteiger charge is -2.29. The minimum atomic E-state index is -1.70. The highest BCUT2D eigenvalue weighted by Crippen LogP contribution is 2.56. The fourth-order valence-electron chi connectivity index (χ4n) is 3.32. The molecule has 3 aromatic carbocycles. The van der Waals surface area contributed by atoms with E-state index < -0.39 is 7.26 Å². The molecule has 3 aromatic rings. The first-order chi connectivity index (χ1) is 11.8. The van der Waals surface area contributed by atoms with E-state index in [1.165, 1.54) is 15.9 Å². The summed E-state index contributed by atoms with van der Waals surface area (Å²) in [6.07, 6.45) is 3.19. The first-order valence-corrected chi connectivity index (χ1v) is 10.4. The summed E-state index contributed by atoms with van der Waals surface area (Å²) in [7, 11) is -1.70. The van der Waals surface area contributed by atoms with Gasteiger partial charge in [-0.15, -0.1) is 6.58 Å². The molecule has 24 heavy (non-hydrogen) atoms. The van der Waals surface area contributed by atoms with Crippen LogP contribution in [0.4, 0.5) is 0 Å². The minimum absolute atomic E-state index is 0.457. The molecule has 0 saturated carbocycles. The quantitative estimate of drug-likeness (QED) is 0.449. The zero-order chi connectivity index (χ0) is 16.8. The Morgan fingerprint density at radius 1 is 0.708 bits per heavy atom. The van der Waals surface area contributed by atoms with Crippen molar-refractivity contribution in [1.29, 1.82) is 0 Å². The second kappa shape index (κ2) is 7.60. The van der Waals surface area contributed by atoms with Gasteiger partial charge in [-0.25, -0.2) is 0 Å². The van der Waals surface area contributed by atoms with E-state index in [-0.39, 0.29) is 0 Å². The minimum Gasteiger partial charge on any atom is -0.103 e. The van der Waals surface area contributed by atoms with Crippen molar-refractivity contribution in [2.75, 3.05) is 6.16 Å². The molecule has 0 radical (unpaired) electrons. The monoisotopic (exact) mass is 331 g/mol. The second-order valence-corrected chi connectivity index (χ2v) is 9.75. The van der Waals surface area contributed by atoms with Crippen LogP contribution in [0, 0.1) is 5.92 Å². The van der Waals surface area contributed by atoms with E-state index >= 15 is 0 Å². The highest BCUT2D eigenvalue weighted by atomic mass is 31.2. The van der Waals surface area contributed by atoms with Gasteiger partial charge in [-0.1, -0.05) is 67.6 Å². The molecule has 0 nitrogen and oxygen atoms in total. The molecule has 3 rings (SSSR count). The zero-order valence-corrected chi connectivity index (χ0v) is 15.1. The molecule has 1 atom stereocenters. The molecule has 120 valence electrons. The summed E-state index contributed by atoms with van der Waals surface area (Å²) in [4.78, 5) is 0. The average Bonchev–Trinajstić information content (AvgIpc) is 2.68. The van der Waals surface area contributed by atoms with Crippen LogP contribution >= 0.6 is 7.26 Å². The maximum atomic E-state index is 4.04. The van der Waals surface area contributed by atoms with Gasteiger partial charge in [0, 0.05) is 5.92 Å². The lowest BCUT2D eigenvalue weighted by atomic mass is 10.2. The van der Waals surface area contributed by atoms with Crippen LogP contribution in [0.15, 0.2) is 104 Å². The van der Waals surface area contributed by atoms with E-state index in [9.17, 15) is 0 Å². The van der Waals surface area contributed by atoms with Gasteiger partial charge in [-0.2, -0.15) is 0 Å². The Bertz CT molecular complexity index is 666. The fraction of sp³-hybridized carbons (Fsp3) is 0.130. The molecule has 0 heterocycles. The summed E-state index contributed by atoms with van der Waals surface area (Å²) in [5, 5.41) is 4.32. The summed E-state index contributed by atoms with van der Waals surface area (Å²) in [5.41, 5.74) is 0. The fourth-order valence-corrected chi connectivity index (χ4v) is 7.90. The largest absolute Gasteiger partial charge is 0.112 e. The van der Waals surface area contributed by atoms with Gasteiger partial charge in [0.1, 0.15) is 23.2 Å². The molecule has 0 aliphatic heterocycles. The molecule has 0 bridgehead atoms. The molecule has 0 N–H and O–H groups in total. The summed E-state index contributed by atoms with van der Waals surface area (Å²) < 4.78 is 0. The number of rotatable bonds is 6. The van der Waals surface area contributed by atoms with Crippen LogP contribution in [0.1, 0.15) is 6.92 Å². The van der Waals surface area contributed by atoms with Crippen LogP contribution in [0.25, 0.3) is 0 Å². The normalized spacial score (nSPS) is 12.5. The molecule has 0 fully saturated rings. The van der Waals surface area contributed by atoms with E-state index in [4.69, 9.17) is 0 Å². The Labute approximate surface area is 146 Å². The number of hydrogen-bond acceptors (Lipinski definition) is 0. The molecular weight excluding hydrogens is 307 g/mol. The highest BCUT2D eigenvalue weighted by molar-refractivity contribution is 7.95. The van der Waals surface area contributed by atoms with Crippen molar-refractivity contribution in [2.24, 2.45) is 5.92 Å². The Morgan fingerprint density at radius 3 is 1.33 bits per heavy atom. The van der Waals surface area contributed by atoms with E-state index in [0.717, 1.165) is 6.16 Å².